The van der Waals surface area contributed by atoms with Crippen LogP contribution in [0.15, 0.2) is 72.6 Å². The number of carbonyl (C=O) groups is 1. The van der Waals surface area contributed by atoms with Crippen molar-refractivity contribution in [3.05, 3.63) is 100 Å². The number of ether oxygens (including phenoxy) is 1. The highest BCUT2D eigenvalue weighted by Gasteiger charge is 2.08. The van der Waals surface area contributed by atoms with E-state index in [1.165, 1.54) is 5.56 Å². The van der Waals surface area contributed by atoms with E-state index in [1.807, 2.05) is 47.3 Å². The van der Waals surface area contributed by atoms with Crippen molar-refractivity contribution < 1.29 is 9.53 Å². The van der Waals surface area contributed by atoms with E-state index in [4.69, 9.17) is 4.74 Å². The molecule has 0 aliphatic rings. The fourth-order valence-corrected chi connectivity index (χ4v) is 3.59. The molecule has 0 saturated carbocycles. The smallest absolute Gasteiger partial charge is 0.251 e. The first kappa shape index (κ1) is 19.8. The number of aromatic nitrogens is 3. The van der Waals surface area contributed by atoms with Crippen molar-refractivity contribution >= 4 is 17.2 Å². The van der Waals surface area contributed by atoms with Crippen molar-refractivity contribution in [2.24, 2.45) is 0 Å². The standard InChI is InChI=1S/C23H22N4O2S/c1-17-26-21(15-30-17)14-29-22-4-2-3-20(11-22)23(28)25-12-18-5-7-19(8-6-18)13-27-10-9-24-16-27/h2-11,15-16H,12-14H2,1H3,(H,25,28). The summed E-state index contributed by atoms with van der Waals surface area (Å²) in [6, 6.07) is 15.4. The summed E-state index contributed by atoms with van der Waals surface area (Å²) in [5, 5.41) is 5.95. The second-order valence-electron chi connectivity index (χ2n) is 6.91. The molecule has 0 saturated heterocycles. The molecule has 0 aliphatic carbocycles. The molecule has 0 atom stereocenters. The Kier molecular flexibility index (Phi) is 6.20. The van der Waals surface area contributed by atoms with Crippen molar-refractivity contribution in [2.45, 2.75) is 26.6 Å². The van der Waals surface area contributed by atoms with Gasteiger partial charge in [0.2, 0.25) is 0 Å². The number of rotatable bonds is 8. The monoisotopic (exact) mass is 418 g/mol. The molecule has 2 heterocycles. The van der Waals surface area contributed by atoms with Crippen molar-refractivity contribution in [1.29, 1.82) is 0 Å². The Morgan fingerprint density at radius 2 is 2.00 bits per heavy atom. The molecule has 30 heavy (non-hydrogen) atoms. The first-order valence-electron chi connectivity index (χ1n) is 9.61. The van der Waals surface area contributed by atoms with E-state index in [0.29, 0.717) is 24.5 Å². The van der Waals surface area contributed by atoms with Gasteiger partial charge in [-0.2, -0.15) is 0 Å². The van der Waals surface area contributed by atoms with Gasteiger partial charge in [0.15, 0.2) is 0 Å². The van der Waals surface area contributed by atoms with E-state index < -0.39 is 0 Å². The predicted molar refractivity (Wildman–Crippen MR) is 117 cm³/mol. The van der Waals surface area contributed by atoms with Gasteiger partial charge in [0.1, 0.15) is 12.4 Å². The average molecular weight is 419 g/mol. The van der Waals surface area contributed by atoms with Gasteiger partial charge >= 0.3 is 0 Å². The number of benzene rings is 2. The van der Waals surface area contributed by atoms with Gasteiger partial charge in [0, 0.05) is 36.4 Å². The average Bonchev–Trinajstić information content (AvgIpc) is 3.43. The summed E-state index contributed by atoms with van der Waals surface area (Å²) < 4.78 is 7.79. The van der Waals surface area contributed by atoms with E-state index >= 15 is 0 Å². The lowest BCUT2D eigenvalue weighted by Gasteiger charge is -2.09. The maximum Gasteiger partial charge on any atom is 0.251 e. The number of hydrogen-bond acceptors (Lipinski definition) is 5. The summed E-state index contributed by atoms with van der Waals surface area (Å²) in [6.07, 6.45) is 5.50. The lowest BCUT2D eigenvalue weighted by atomic mass is 10.1. The molecular formula is C23H22N4O2S. The van der Waals surface area contributed by atoms with Crippen LogP contribution in [0, 0.1) is 6.92 Å². The zero-order valence-electron chi connectivity index (χ0n) is 16.6. The number of nitrogens with zero attached hydrogens (tertiary/aromatic N) is 3. The number of nitrogens with one attached hydrogen (secondary N) is 1. The summed E-state index contributed by atoms with van der Waals surface area (Å²) in [6.45, 7) is 3.60. The minimum Gasteiger partial charge on any atom is -0.487 e. The van der Waals surface area contributed by atoms with Gasteiger partial charge in [-0.1, -0.05) is 30.3 Å². The van der Waals surface area contributed by atoms with E-state index in [2.05, 4.69) is 27.4 Å². The van der Waals surface area contributed by atoms with Crippen molar-refractivity contribution in [3.63, 3.8) is 0 Å². The van der Waals surface area contributed by atoms with Crippen LogP contribution in [0.25, 0.3) is 0 Å². The maximum atomic E-state index is 12.5. The third-order valence-corrected chi connectivity index (χ3v) is 5.37. The molecule has 6 nitrogen and oxygen atoms in total. The lowest BCUT2D eigenvalue weighted by Crippen LogP contribution is -2.22. The van der Waals surface area contributed by atoms with Gasteiger partial charge in [-0.05, 0) is 36.2 Å². The fourth-order valence-electron chi connectivity index (χ4n) is 3.00. The van der Waals surface area contributed by atoms with E-state index in [9.17, 15) is 4.79 Å². The summed E-state index contributed by atoms with van der Waals surface area (Å²) >= 11 is 1.59. The summed E-state index contributed by atoms with van der Waals surface area (Å²) in [5.41, 5.74) is 3.69. The minimum atomic E-state index is -0.132. The van der Waals surface area contributed by atoms with E-state index in [-0.39, 0.29) is 5.91 Å². The zero-order valence-corrected chi connectivity index (χ0v) is 17.4. The Hall–Kier alpha value is -3.45. The molecule has 4 rings (SSSR count). The van der Waals surface area contributed by atoms with Crippen LogP contribution < -0.4 is 10.1 Å². The topological polar surface area (TPSA) is 69.0 Å². The predicted octanol–water partition coefficient (Wildman–Crippen LogP) is 4.21. The second-order valence-corrected chi connectivity index (χ2v) is 7.97. The third kappa shape index (κ3) is 5.33. The number of amides is 1. The van der Waals surface area contributed by atoms with Crippen molar-refractivity contribution in [3.8, 4) is 5.75 Å². The van der Waals surface area contributed by atoms with Gasteiger partial charge in [-0.3, -0.25) is 4.79 Å². The molecule has 0 fully saturated rings. The van der Waals surface area contributed by atoms with Crippen LogP contribution in [0.5, 0.6) is 5.75 Å². The van der Waals surface area contributed by atoms with E-state index in [0.717, 1.165) is 22.8 Å². The molecule has 4 aromatic rings. The first-order valence-corrected chi connectivity index (χ1v) is 10.5. The van der Waals surface area contributed by atoms with Gasteiger partial charge < -0.3 is 14.6 Å². The van der Waals surface area contributed by atoms with Crippen molar-refractivity contribution in [2.75, 3.05) is 0 Å². The van der Waals surface area contributed by atoms with Crippen LogP contribution in [0.3, 0.4) is 0 Å². The Morgan fingerprint density at radius 1 is 1.17 bits per heavy atom. The molecule has 0 bridgehead atoms. The molecule has 1 amide bonds. The highest BCUT2D eigenvalue weighted by molar-refractivity contribution is 7.09. The molecule has 2 aromatic carbocycles. The summed E-state index contributed by atoms with van der Waals surface area (Å²) in [4.78, 5) is 21.0. The molecule has 2 aromatic heterocycles. The van der Waals surface area contributed by atoms with Crippen LogP contribution in [0.2, 0.25) is 0 Å². The molecule has 7 heteroatoms. The lowest BCUT2D eigenvalue weighted by molar-refractivity contribution is 0.0950. The normalized spacial score (nSPS) is 10.7. The van der Waals surface area contributed by atoms with Crippen LogP contribution in [-0.2, 0) is 19.7 Å². The molecule has 0 unspecified atom stereocenters. The van der Waals surface area contributed by atoms with Gasteiger partial charge in [0.25, 0.3) is 5.91 Å². The largest absolute Gasteiger partial charge is 0.487 e. The van der Waals surface area contributed by atoms with Crippen LogP contribution in [-0.4, -0.2) is 20.4 Å². The van der Waals surface area contributed by atoms with Crippen LogP contribution in [0.4, 0.5) is 0 Å². The van der Waals surface area contributed by atoms with Crippen LogP contribution in [0.1, 0.15) is 32.2 Å². The maximum absolute atomic E-state index is 12.5. The zero-order chi connectivity index (χ0) is 20.8. The summed E-state index contributed by atoms with van der Waals surface area (Å²) in [5.74, 6) is 0.518. The Bertz CT molecular complexity index is 1100. The number of carbonyl (C=O) groups excluding carboxylic acids is 1. The minimum absolute atomic E-state index is 0.132. The van der Waals surface area contributed by atoms with Crippen molar-refractivity contribution in [1.82, 2.24) is 19.9 Å². The van der Waals surface area contributed by atoms with Gasteiger partial charge in [0.05, 0.1) is 17.0 Å². The second kappa shape index (κ2) is 9.37. The Morgan fingerprint density at radius 3 is 2.73 bits per heavy atom. The van der Waals surface area contributed by atoms with Crippen LogP contribution >= 0.6 is 11.3 Å². The number of aryl methyl sites for hydroxylation is 1. The van der Waals surface area contributed by atoms with Gasteiger partial charge in [-0.15, -0.1) is 11.3 Å². The molecule has 0 radical (unpaired) electrons. The highest BCUT2D eigenvalue weighted by Crippen LogP contribution is 2.16. The molecule has 0 spiro atoms. The number of thiazole rings is 1. The number of hydrogen-bond donors (Lipinski definition) is 1. The third-order valence-electron chi connectivity index (χ3n) is 4.55. The van der Waals surface area contributed by atoms with E-state index in [1.54, 1.807) is 36.0 Å². The first-order chi connectivity index (χ1) is 14.7. The highest BCUT2D eigenvalue weighted by atomic mass is 32.1. The molecule has 0 aliphatic heterocycles. The molecular weight excluding hydrogens is 396 g/mol. The molecule has 1 N–H and O–H groups in total. The fraction of sp³-hybridized carbons (Fsp3) is 0.174. The molecule has 152 valence electrons. The quantitative estimate of drug-likeness (QED) is 0.466. The SMILES string of the molecule is Cc1nc(COc2cccc(C(=O)NCc3ccc(Cn4ccnc4)cc3)c2)cs1. The number of imidazole rings is 1. The Labute approximate surface area is 179 Å². The Balaban J connectivity index is 1.30. The van der Waals surface area contributed by atoms with Gasteiger partial charge in [-0.25, -0.2) is 9.97 Å². The summed E-state index contributed by atoms with van der Waals surface area (Å²) in [7, 11) is 0.